The highest BCUT2D eigenvalue weighted by Crippen LogP contribution is 2.32. The highest BCUT2D eigenvalue weighted by molar-refractivity contribution is 5.14. The number of ether oxygens (including phenoxy) is 3. The normalized spacial score (nSPS) is 29.5. The standard InChI is InChI=1S/C20H24O5/c1-20(25-13-16-10-6-3-7-11-16)18(22)17(21)14-24-19(20)23-12-15-8-4-2-5-9-15/h2-11,17-19,21-22H,12-14H2,1H3/t17-,18-,19-,20-/m1/s1. The average Bonchev–Trinajstić information content (AvgIpc) is 2.66. The summed E-state index contributed by atoms with van der Waals surface area (Å²) < 4.78 is 17.5. The zero-order valence-corrected chi connectivity index (χ0v) is 14.2. The van der Waals surface area contributed by atoms with E-state index in [-0.39, 0.29) is 13.2 Å². The molecule has 0 bridgehead atoms. The van der Waals surface area contributed by atoms with Gasteiger partial charge >= 0.3 is 0 Å². The fraction of sp³-hybridized carbons (Fsp3) is 0.400. The summed E-state index contributed by atoms with van der Waals surface area (Å²) in [7, 11) is 0. The molecule has 0 aliphatic carbocycles. The lowest BCUT2D eigenvalue weighted by molar-refractivity contribution is -0.328. The van der Waals surface area contributed by atoms with E-state index in [1.165, 1.54) is 0 Å². The number of aliphatic hydroxyl groups excluding tert-OH is 2. The Balaban J connectivity index is 1.70. The first-order valence-corrected chi connectivity index (χ1v) is 8.41. The highest BCUT2D eigenvalue weighted by Gasteiger charge is 2.50. The molecule has 1 aliphatic rings. The van der Waals surface area contributed by atoms with Gasteiger partial charge in [0.1, 0.15) is 17.8 Å². The minimum absolute atomic E-state index is 0.00487. The molecule has 3 rings (SSSR count). The van der Waals surface area contributed by atoms with Crippen molar-refractivity contribution in [2.24, 2.45) is 0 Å². The zero-order valence-electron chi connectivity index (χ0n) is 14.2. The molecule has 134 valence electrons. The molecule has 25 heavy (non-hydrogen) atoms. The molecule has 5 nitrogen and oxygen atoms in total. The van der Waals surface area contributed by atoms with Crippen LogP contribution in [0.2, 0.25) is 0 Å². The second-order valence-corrected chi connectivity index (χ2v) is 6.43. The lowest BCUT2D eigenvalue weighted by atomic mass is 9.91. The Bertz CT molecular complexity index is 648. The fourth-order valence-electron chi connectivity index (χ4n) is 2.89. The van der Waals surface area contributed by atoms with E-state index < -0.39 is 24.1 Å². The molecule has 1 aliphatic heterocycles. The van der Waals surface area contributed by atoms with Crippen LogP contribution < -0.4 is 0 Å². The average molecular weight is 344 g/mol. The van der Waals surface area contributed by atoms with Crippen LogP contribution in [0.3, 0.4) is 0 Å². The van der Waals surface area contributed by atoms with Gasteiger partial charge in [-0.25, -0.2) is 0 Å². The molecule has 0 aromatic heterocycles. The molecular weight excluding hydrogens is 320 g/mol. The first-order chi connectivity index (χ1) is 12.1. The summed E-state index contributed by atoms with van der Waals surface area (Å²) in [5, 5.41) is 20.5. The van der Waals surface area contributed by atoms with Gasteiger partial charge in [0, 0.05) is 0 Å². The maximum absolute atomic E-state index is 10.5. The molecule has 2 aromatic carbocycles. The number of hydrogen-bond acceptors (Lipinski definition) is 5. The van der Waals surface area contributed by atoms with Crippen molar-refractivity contribution in [2.45, 2.75) is 44.2 Å². The summed E-state index contributed by atoms with van der Waals surface area (Å²) in [6.45, 7) is 2.33. The van der Waals surface area contributed by atoms with E-state index in [4.69, 9.17) is 14.2 Å². The van der Waals surface area contributed by atoms with Gasteiger partial charge in [0.05, 0.1) is 19.8 Å². The van der Waals surface area contributed by atoms with Crippen molar-refractivity contribution in [2.75, 3.05) is 6.61 Å². The number of hydrogen-bond donors (Lipinski definition) is 2. The summed E-state index contributed by atoms with van der Waals surface area (Å²) in [6.07, 6.45) is -2.90. The lowest BCUT2D eigenvalue weighted by Gasteiger charge is -2.45. The molecular formula is C20H24O5. The molecule has 0 radical (unpaired) electrons. The predicted molar refractivity (Wildman–Crippen MR) is 92.6 cm³/mol. The van der Waals surface area contributed by atoms with Crippen LogP contribution in [0.1, 0.15) is 18.1 Å². The Hall–Kier alpha value is -1.76. The summed E-state index contributed by atoms with van der Waals surface area (Å²) in [6, 6.07) is 19.4. The quantitative estimate of drug-likeness (QED) is 0.841. The van der Waals surface area contributed by atoms with Gasteiger partial charge in [0.15, 0.2) is 6.29 Å². The fourth-order valence-corrected chi connectivity index (χ4v) is 2.89. The van der Waals surface area contributed by atoms with Crippen LogP contribution in [-0.2, 0) is 27.4 Å². The van der Waals surface area contributed by atoms with E-state index >= 15 is 0 Å². The molecule has 0 saturated carbocycles. The van der Waals surface area contributed by atoms with E-state index in [0.29, 0.717) is 6.61 Å². The van der Waals surface area contributed by atoms with Crippen LogP contribution in [0.5, 0.6) is 0 Å². The molecule has 1 saturated heterocycles. The van der Waals surface area contributed by atoms with Crippen LogP contribution in [0.15, 0.2) is 60.7 Å². The SMILES string of the molecule is C[C@]1(OCc2ccccc2)[C@H](OCc2ccccc2)OC[C@@H](O)[C@H]1O. The third-order valence-corrected chi connectivity index (χ3v) is 4.47. The summed E-state index contributed by atoms with van der Waals surface area (Å²) in [5.74, 6) is 0. The summed E-state index contributed by atoms with van der Waals surface area (Å²) in [5.41, 5.74) is 0.789. The maximum Gasteiger partial charge on any atom is 0.189 e. The number of aliphatic hydroxyl groups is 2. The first kappa shape index (κ1) is 18.0. The van der Waals surface area contributed by atoms with Crippen LogP contribution in [0.4, 0.5) is 0 Å². The molecule has 0 amide bonds. The Morgan fingerprint density at radius 3 is 2.12 bits per heavy atom. The lowest BCUT2D eigenvalue weighted by Crippen LogP contribution is -2.63. The molecule has 0 unspecified atom stereocenters. The zero-order chi connectivity index (χ0) is 17.7. The van der Waals surface area contributed by atoms with E-state index in [1.807, 2.05) is 60.7 Å². The van der Waals surface area contributed by atoms with Gasteiger partial charge in [0.2, 0.25) is 0 Å². The molecule has 5 heteroatoms. The van der Waals surface area contributed by atoms with Crippen molar-refractivity contribution in [3.8, 4) is 0 Å². The van der Waals surface area contributed by atoms with Gasteiger partial charge in [-0.2, -0.15) is 0 Å². The highest BCUT2D eigenvalue weighted by atomic mass is 16.7. The first-order valence-electron chi connectivity index (χ1n) is 8.41. The number of benzene rings is 2. The molecule has 1 fully saturated rings. The largest absolute Gasteiger partial charge is 0.388 e. The van der Waals surface area contributed by atoms with Gasteiger partial charge in [-0.15, -0.1) is 0 Å². The van der Waals surface area contributed by atoms with Crippen LogP contribution >= 0.6 is 0 Å². The molecule has 2 aromatic rings. The van der Waals surface area contributed by atoms with Crippen LogP contribution in [-0.4, -0.2) is 40.9 Å². The molecule has 4 atom stereocenters. The molecule has 0 spiro atoms. The Kier molecular flexibility index (Phi) is 5.83. The van der Waals surface area contributed by atoms with Gasteiger partial charge in [-0.1, -0.05) is 60.7 Å². The van der Waals surface area contributed by atoms with Crippen molar-refractivity contribution in [3.63, 3.8) is 0 Å². The predicted octanol–water partition coefficient (Wildman–Crippen LogP) is 2.26. The van der Waals surface area contributed by atoms with Gasteiger partial charge < -0.3 is 24.4 Å². The Morgan fingerprint density at radius 2 is 1.52 bits per heavy atom. The third-order valence-electron chi connectivity index (χ3n) is 4.47. The summed E-state index contributed by atoms with van der Waals surface area (Å²) in [4.78, 5) is 0. The topological polar surface area (TPSA) is 68.2 Å². The third kappa shape index (κ3) is 4.26. The minimum Gasteiger partial charge on any atom is -0.388 e. The minimum atomic E-state index is -1.18. The van der Waals surface area contributed by atoms with Crippen molar-refractivity contribution in [1.82, 2.24) is 0 Å². The van der Waals surface area contributed by atoms with Gasteiger partial charge in [-0.05, 0) is 18.1 Å². The van der Waals surface area contributed by atoms with Crippen molar-refractivity contribution < 1.29 is 24.4 Å². The van der Waals surface area contributed by atoms with E-state index in [9.17, 15) is 10.2 Å². The second-order valence-electron chi connectivity index (χ2n) is 6.43. The van der Waals surface area contributed by atoms with Crippen molar-refractivity contribution in [1.29, 1.82) is 0 Å². The van der Waals surface area contributed by atoms with Gasteiger partial charge in [-0.3, -0.25) is 0 Å². The van der Waals surface area contributed by atoms with Crippen molar-refractivity contribution in [3.05, 3.63) is 71.8 Å². The Morgan fingerprint density at radius 1 is 0.960 bits per heavy atom. The summed E-state index contributed by atoms with van der Waals surface area (Å²) >= 11 is 0. The monoisotopic (exact) mass is 344 g/mol. The number of rotatable bonds is 6. The van der Waals surface area contributed by atoms with Crippen LogP contribution in [0, 0.1) is 0 Å². The maximum atomic E-state index is 10.5. The van der Waals surface area contributed by atoms with E-state index in [2.05, 4.69) is 0 Å². The Labute approximate surface area is 147 Å². The smallest absolute Gasteiger partial charge is 0.189 e. The molecule has 2 N–H and O–H groups in total. The second kappa shape index (κ2) is 8.08. The van der Waals surface area contributed by atoms with Gasteiger partial charge in [0.25, 0.3) is 0 Å². The van der Waals surface area contributed by atoms with E-state index in [0.717, 1.165) is 11.1 Å². The van der Waals surface area contributed by atoms with E-state index in [1.54, 1.807) is 6.92 Å². The van der Waals surface area contributed by atoms with Crippen LogP contribution in [0.25, 0.3) is 0 Å². The molecule has 1 heterocycles. The van der Waals surface area contributed by atoms with Crippen molar-refractivity contribution >= 4 is 0 Å².